The smallest absolute Gasteiger partial charge is 0.328 e. The molecule has 1 atom stereocenters. The highest BCUT2D eigenvalue weighted by atomic mass is 16.4. The van der Waals surface area contributed by atoms with E-state index in [9.17, 15) is 4.79 Å². The standard InChI is InChI=1S/C17H23NO2/c1-17(2,3)14-10-11-18(12-14)15-7-5-4-6-13(15)8-9-16(19)20/h4-9,14H,10-12H2,1-3H3,(H,19,20)/b9-8+. The fourth-order valence-electron chi connectivity index (χ4n) is 2.76. The van der Waals surface area contributed by atoms with E-state index in [0.717, 1.165) is 24.3 Å². The molecular weight excluding hydrogens is 250 g/mol. The van der Waals surface area contributed by atoms with Crippen molar-refractivity contribution < 1.29 is 9.90 Å². The minimum atomic E-state index is -0.909. The van der Waals surface area contributed by atoms with E-state index in [2.05, 4.69) is 31.7 Å². The van der Waals surface area contributed by atoms with Crippen LogP contribution in [0.2, 0.25) is 0 Å². The third kappa shape index (κ3) is 3.41. The highest BCUT2D eigenvalue weighted by molar-refractivity contribution is 5.87. The van der Waals surface area contributed by atoms with Crippen molar-refractivity contribution in [2.45, 2.75) is 27.2 Å². The van der Waals surface area contributed by atoms with Gasteiger partial charge in [-0.15, -0.1) is 0 Å². The molecule has 2 rings (SSSR count). The summed E-state index contributed by atoms with van der Waals surface area (Å²) in [4.78, 5) is 13.1. The minimum Gasteiger partial charge on any atom is -0.478 e. The second-order valence-corrected chi connectivity index (χ2v) is 6.53. The predicted octanol–water partition coefficient (Wildman–Crippen LogP) is 3.66. The Morgan fingerprint density at radius 1 is 1.35 bits per heavy atom. The monoisotopic (exact) mass is 273 g/mol. The SMILES string of the molecule is CC(C)(C)C1CCN(c2ccccc2/C=C/C(=O)O)C1. The van der Waals surface area contributed by atoms with Crippen LogP contribution in [0.15, 0.2) is 30.3 Å². The summed E-state index contributed by atoms with van der Waals surface area (Å²) >= 11 is 0. The van der Waals surface area contributed by atoms with E-state index < -0.39 is 5.97 Å². The summed E-state index contributed by atoms with van der Waals surface area (Å²) in [6.45, 7) is 8.95. The molecule has 0 amide bonds. The van der Waals surface area contributed by atoms with Crippen LogP contribution in [0.25, 0.3) is 6.08 Å². The maximum Gasteiger partial charge on any atom is 0.328 e. The van der Waals surface area contributed by atoms with Crippen molar-refractivity contribution in [1.82, 2.24) is 0 Å². The molecule has 20 heavy (non-hydrogen) atoms. The van der Waals surface area contributed by atoms with Gasteiger partial charge in [-0.05, 0) is 35.5 Å². The summed E-state index contributed by atoms with van der Waals surface area (Å²) in [6, 6.07) is 8.01. The Hall–Kier alpha value is -1.77. The van der Waals surface area contributed by atoms with E-state index >= 15 is 0 Å². The van der Waals surface area contributed by atoms with E-state index in [1.165, 1.54) is 12.5 Å². The zero-order valence-corrected chi connectivity index (χ0v) is 12.5. The van der Waals surface area contributed by atoms with E-state index in [4.69, 9.17) is 5.11 Å². The van der Waals surface area contributed by atoms with Gasteiger partial charge in [0.1, 0.15) is 0 Å². The molecule has 0 radical (unpaired) electrons. The molecule has 1 aliphatic heterocycles. The van der Waals surface area contributed by atoms with Gasteiger partial charge in [0.25, 0.3) is 0 Å². The highest BCUT2D eigenvalue weighted by Crippen LogP contribution is 2.36. The minimum absolute atomic E-state index is 0.320. The van der Waals surface area contributed by atoms with Crippen LogP contribution in [0.4, 0.5) is 5.69 Å². The Morgan fingerprint density at radius 3 is 2.65 bits per heavy atom. The Bertz CT molecular complexity index is 514. The lowest BCUT2D eigenvalue weighted by molar-refractivity contribution is -0.131. The fourth-order valence-corrected chi connectivity index (χ4v) is 2.76. The van der Waals surface area contributed by atoms with Gasteiger partial charge in [-0.3, -0.25) is 0 Å². The molecule has 1 fully saturated rings. The average Bonchev–Trinajstić information content (AvgIpc) is 2.86. The van der Waals surface area contributed by atoms with E-state index in [0.29, 0.717) is 11.3 Å². The normalized spacial score (nSPS) is 19.8. The lowest BCUT2D eigenvalue weighted by atomic mass is 9.80. The first-order valence-corrected chi connectivity index (χ1v) is 7.13. The van der Waals surface area contributed by atoms with E-state index in [-0.39, 0.29) is 0 Å². The molecule has 0 spiro atoms. The third-order valence-electron chi connectivity index (χ3n) is 4.10. The number of nitrogens with zero attached hydrogens (tertiary/aromatic N) is 1. The van der Waals surface area contributed by atoms with Gasteiger partial charge in [0.2, 0.25) is 0 Å². The topological polar surface area (TPSA) is 40.5 Å². The van der Waals surface area contributed by atoms with Gasteiger partial charge in [0.05, 0.1) is 0 Å². The first-order valence-electron chi connectivity index (χ1n) is 7.13. The number of benzene rings is 1. The summed E-state index contributed by atoms with van der Waals surface area (Å²) in [7, 11) is 0. The van der Waals surface area contributed by atoms with Crippen molar-refractivity contribution in [2.75, 3.05) is 18.0 Å². The van der Waals surface area contributed by atoms with E-state index in [1.54, 1.807) is 6.08 Å². The van der Waals surface area contributed by atoms with Crippen LogP contribution in [-0.4, -0.2) is 24.2 Å². The number of carboxylic acid groups (broad SMARTS) is 1. The van der Waals surface area contributed by atoms with Gasteiger partial charge in [-0.25, -0.2) is 4.79 Å². The third-order valence-corrected chi connectivity index (χ3v) is 4.10. The summed E-state index contributed by atoms with van der Waals surface area (Å²) in [5.41, 5.74) is 2.43. The number of rotatable bonds is 3. The number of hydrogen-bond donors (Lipinski definition) is 1. The number of carboxylic acids is 1. The Labute approximate surface area is 120 Å². The molecule has 1 saturated heterocycles. The maximum absolute atomic E-state index is 10.7. The summed E-state index contributed by atoms with van der Waals surface area (Å²) in [6.07, 6.45) is 4.08. The Balaban J connectivity index is 2.20. The average molecular weight is 273 g/mol. The molecule has 0 saturated carbocycles. The number of para-hydroxylation sites is 1. The number of aliphatic carboxylic acids is 1. The second-order valence-electron chi connectivity index (χ2n) is 6.53. The molecule has 108 valence electrons. The van der Waals surface area contributed by atoms with E-state index in [1.807, 2.05) is 18.2 Å². The molecule has 0 aliphatic carbocycles. The zero-order chi connectivity index (χ0) is 14.8. The van der Waals surface area contributed by atoms with Crippen LogP contribution in [-0.2, 0) is 4.79 Å². The molecule has 1 aromatic carbocycles. The molecule has 1 unspecified atom stereocenters. The van der Waals surface area contributed by atoms with Crippen LogP contribution in [0.5, 0.6) is 0 Å². The Kier molecular flexibility index (Phi) is 4.17. The van der Waals surface area contributed by atoms with Crippen LogP contribution in [0, 0.1) is 11.3 Å². The van der Waals surface area contributed by atoms with Crippen LogP contribution in [0.1, 0.15) is 32.8 Å². The lowest BCUT2D eigenvalue weighted by Crippen LogP contribution is -2.26. The van der Waals surface area contributed by atoms with Crippen molar-refractivity contribution >= 4 is 17.7 Å². The molecule has 1 aliphatic rings. The van der Waals surface area contributed by atoms with Gasteiger partial charge < -0.3 is 10.0 Å². The number of anilines is 1. The molecule has 0 aromatic heterocycles. The van der Waals surface area contributed by atoms with Gasteiger partial charge >= 0.3 is 5.97 Å². The molecule has 0 bridgehead atoms. The number of carbonyl (C=O) groups is 1. The first kappa shape index (κ1) is 14.6. The summed E-state index contributed by atoms with van der Waals surface area (Å²) in [5.74, 6) is -0.229. The van der Waals surface area contributed by atoms with Gasteiger partial charge in [-0.2, -0.15) is 0 Å². The van der Waals surface area contributed by atoms with Crippen LogP contribution < -0.4 is 4.90 Å². The van der Waals surface area contributed by atoms with Crippen molar-refractivity contribution in [3.8, 4) is 0 Å². The second kappa shape index (κ2) is 5.70. The Morgan fingerprint density at radius 2 is 2.05 bits per heavy atom. The van der Waals surface area contributed by atoms with Crippen molar-refractivity contribution in [3.63, 3.8) is 0 Å². The van der Waals surface area contributed by atoms with Crippen LogP contribution >= 0.6 is 0 Å². The fraction of sp³-hybridized carbons (Fsp3) is 0.471. The molecule has 3 nitrogen and oxygen atoms in total. The zero-order valence-electron chi connectivity index (χ0n) is 12.5. The molecule has 1 N–H and O–H groups in total. The number of hydrogen-bond acceptors (Lipinski definition) is 2. The first-order chi connectivity index (χ1) is 9.38. The highest BCUT2D eigenvalue weighted by Gasteiger charge is 2.32. The predicted molar refractivity (Wildman–Crippen MR) is 82.9 cm³/mol. The van der Waals surface area contributed by atoms with Crippen molar-refractivity contribution in [2.24, 2.45) is 11.3 Å². The molecule has 3 heteroatoms. The molecule has 1 heterocycles. The molecular formula is C17H23NO2. The lowest BCUT2D eigenvalue weighted by Gasteiger charge is -2.28. The maximum atomic E-state index is 10.7. The summed E-state index contributed by atoms with van der Waals surface area (Å²) in [5, 5.41) is 8.78. The van der Waals surface area contributed by atoms with Gasteiger partial charge in [0.15, 0.2) is 0 Å². The largest absolute Gasteiger partial charge is 0.478 e. The summed E-state index contributed by atoms with van der Waals surface area (Å²) < 4.78 is 0. The quantitative estimate of drug-likeness (QED) is 0.854. The van der Waals surface area contributed by atoms with Crippen molar-refractivity contribution in [1.29, 1.82) is 0 Å². The molecule has 1 aromatic rings. The van der Waals surface area contributed by atoms with Crippen LogP contribution in [0.3, 0.4) is 0 Å². The van der Waals surface area contributed by atoms with Gasteiger partial charge in [0, 0.05) is 24.9 Å². The van der Waals surface area contributed by atoms with Gasteiger partial charge in [-0.1, -0.05) is 39.0 Å². The van der Waals surface area contributed by atoms with Crippen molar-refractivity contribution in [3.05, 3.63) is 35.9 Å².